The molecular formula is C15H20O. The first-order chi connectivity index (χ1) is 7.30. The third-order valence-corrected chi connectivity index (χ3v) is 2.48. The lowest BCUT2D eigenvalue weighted by Crippen LogP contribution is -2.08. The lowest BCUT2D eigenvalue weighted by molar-refractivity contribution is 0.433. The lowest BCUT2D eigenvalue weighted by atomic mass is 9.81. The van der Waals surface area contributed by atoms with Gasteiger partial charge in [0, 0.05) is 0 Å². The molecule has 0 amide bonds. The first-order valence-corrected chi connectivity index (χ1v) is 5.48. The fraction of sp³-hybridized carbons (Fsp3) is 0.333. The van der Waals surface area contributed by atoms with Crippen LogP contribution in [0, 0.1) is 12.3 Å². The Balaban J connectivity index is 3.23. The monoisotopic (exact) mass is 216 g/mol. The van der Waals surface area contributed by atoms with Gasteiger partial charge in [-0.1, -0.05) is 57.2 Å². The van der Waals surface area contributed by atoms with Crippen molar-refractivity contribution in [2.45, 2.75) is 27.7 Å². The Morgan fingerprint density at radius 2 is 1.69 bits per heavy atom. The molecule has 86 valence electrons. The summed E-state index contributed by atoms with van der Waals surface area (Å²) in [5.41, 5.74) is 3.45. The first kappa shape index (κ1) is 12.6. The average molecular weight is 216 g/mol. The van der Waals surface area contributed by atoms with Crippen LogP contribution in [0.25, 0.3) is 5.57 Å². The maximum atomic E-state index is 9.33. The number of aryl methyl sites for hydroxylation is 1. The van der Waals surface area contributed by atoms with E-state index < -0.39 is 0 Å². The zero-order valence-corrected chi connectivity index (χ0v) is 10.5. The second-order valence-electron chi connectivity index (χ2n) is 5.17. The van der Waals surface area contributed by atoms with E-state index in [4.69, 9.17) is 0 Å². The molecule has 0 saturated carbocycles. The summed E-state index contributed by atoms with van der Waals surface area (Å²) in [7, 11) is 0. The highest BCUT2D eigenvalue weighted by molar-refractivity contribution is 5.71. The second-order valence-corrected chi connectivity index (χ2v) is 5.17. The minimum Gasteiger partial charge on any atom is -0.509 e. The molecule has 1 aromatic carbocycles. The van der Waals surface area contributed by atoms with Crippen LogP contribution in [0.5, 0.6) is 0 Å². The molecule has 0 saturated heterocycles. The van der Waals surface area contributed by atoms with Crippen LogP contribution in [0.3, 0.4) is 0 Å². The Morgan fingerprint density at radius 3 is 2.06 bits per heavy atom. The van der Waals surface area contributed by atoms with Crippen molar-refractivity contribution in [3.05, 3.63) is 53.8 Å². The van der Waals surface area contributed by atoms with E-state index in [-0.39, 0.29) is 11.2 Å². The van der Waals surface area contributed by atoms with Crippen molar-refractivity contribution < 1.29 is 5.11 Å². The smallest absolute Gasteiger partial charge is 0.108 e. The highest BCUT2D eigenvalue weighted by Gasteiger charge is 2.18. The largest absolute Gasteiger partial charge is 0.509 e. The van der Waals surface area contributed by atoms with Crippen LogP contribution < -0.4 is 0 Å². The number of hydrogen-bond acceptors (Lipinski definition) is 1. The number of benzene rings is 1. The van der Waals surface area contributed by atoms with Crippen molar-refractivity contribution in [1.82, 2.24) is 0 Å². The highest BCUT2D eigenvalue weighted by atomic mass is 16.3. The van der Waals surface area contributed by atoms with Gasteiger partial charge in [-0.3, -0.25) is 0 Å². The summed E-state index contributed by atoms with van der Waals surface area (Å²) in [5, 5.41) is 9.33. The molecule has 0 aliphatic carbocycles. The third-order valence-electron chi connectivity index (χ3n) is 2.48. The van der Waals surface area contributed by atoms with Crippen LogP contribution in [-0.2, 0) is 0 Å². The number of allylic oxidation sites excluding steroid dienone is 2. The molecule has 0 radical (unpaired) electrons. The maximum Gasteiger partial charge on any atom is 0.108 e. The Kier molecular flexibility index (Phi) is 3.58. The van der Waals surface area contributed by atoms with Gasteiger partial charge in [-0.2, -0.15) is 0 Å². The Labute approximate surface area is 98.1 Å². The summed E-state index contributed by atoms with van der Waals surface area (Å²) in [6, 6.07) is 8.31. The van der Waals surface area contributed by atoms with E-state index in [2.05, 4.69) is 58.5 Å². The summed E-state index contributed by atoms with van der Waals surface area (Å²) in [4.78, 5) is 0. The van der Waals surface area contributed by atoms with Crippen molar-refractivity contribution >= 4 is 5.57 Å². The fourth-order valence-corrected chi connectivity index (χ4v) is 1.63. The summed E-state index contributed by atoms with van der Waals surface area (Å²) < 4.78 is 0. The number of aliphatic hydroxyl groups excluding tert-OH is 1. The normalized spacial score (nSPS) is 12.6. The van der Waals surface area contributed by atoms with Crippen LogP contribution in [0.1, 0.15) is 31.9 Å². The molecule has 0 unspecified atom stereocenters. The first-order valence-electron chi connectivity index (χ1n) is 5.48. The second kappa shape index (κ2) is 4.56. The Hall–Kier alpha value is -1.50. The number of hydrogen-bond donors (Lipinski definition) is 1. The van der Waals surface area contributed by atoms with Gasteiger partial charge in [0.1, 0.15) is 5.76 Å². The van der Waals surface area contributed by atoms with Crippen molar-refractivity contribution in [2.75, 3.05) is 0 Å². The molecule has 0 spiro atoms. The van der Waals surface area contributed by atoms with Gasteiger partial charge >= 0.3 is 0 Å². The van der Waals surface area contributed by atoms with Gasteiger partial charge in [0.15, 0.2) is 0 Å². The van der Waals surface area contributed by atoms with E-state index in [1.165, 1.54) is 5.56 Å². The minimum absolute atomic E-state index is 0.0130. The summed E-state index contributed by atoms with van der Waals surface area (Å²) in [5.74, 6) is 0.102. The molecule has 0 aliphatic heterocycles. The zero-order chi connectivity index (χ0) is 12.3. The molecule has 1 rings (SSSR count). The quantitative estimate of drug-likeness (QED) is 0.570. The summed E-state index contributed by atoms with van der Waals surface area (Å²) in [6.07, 6.45) is 1.74. The van der Waals surface area contributed by atoms with E-state index in [1.54, 1.807) is 6.08 Å². The van der Waals surface area contributed by atoms with E-state index in [9.17, 15) is 5.11 Å². The van der Waals surface area contributed by atoms with Crippen LogP contribution in [0.4, 0.5) is 0 Å². The molecule has 1 N–H and O–H groups in total. The molecule has 1 nitrogen and oxygen atoms in total. The topological polar surface area (TPSA) is 20.2 Å². The van der Waals surface area contributed by atoms with Gasteiger partial charge in [0.25, 0.3) is 0 Å². The van der Waals surface area contributed by atoms with Gasteiger partial charge in [-0.15, -0.1) is 0 Å². The zero-order valence-electron chi connectivity index (χ0n) is 10.5. The molecular weight excluding hydrogens is 196 g/mol. The number of rotatable bonds is 2. The van der Waals surface area contributed by atoms with Gasteiger partial charge in [-0.25, -0.2) is 0 Å². The van der Waals surface area contributed by atoms with E-state index in [1.807, 2.05) is 0 Å². The standard InChI is InChI=1S/C15H20O/c1-11-6-8-13(9-7-11)14(10-12(2)16)15(3,4)5/h6-10,16H,2H2,1,3-5H3/b14-10-. The average Bonchev–Trinajstić information content (AvgIpc) is 2.14. The minimum atomic E-state index is -0.0130. The van der Waals surface area contributed by atoms with Crippen LogP contribution in [-0.4, -0.2) is 5.11 Å². The third kappa shape index (κ3) is 3.27. The molecule has 1 heteroatoms. The summed E-state index contributed by atoms with van der Waals surface area (Å²) >= 11 is 0. The molecule has 0 atom stereocenters. The van der Waals surface area contributed by atoms with Crippen molar-refractivity contribution in [3.8, 4) is 0 Å². The summed E-state index contributed by atoms with van der Waals surface area (Å²) in [6.45, 7) is 12.0. The predicted octanol–water partition coefficient (Wildman–Crippen LogP) is 4.50. The lowest BCUT2D eigenvalue weighted by Gasteiger charge is -2.23. The molecule has 1 aromatic rings. The van der Waals surface area contributed by atoms with Crippen LogP contribution >= 0.6 is 0 Å². The van der Waals surface area contributed by atoms with Crippen molar-refractivity contribution in [3.63, 3.8) is 0 Å². The van der Waals surface area contributed by atoms with Gasteiger partial charge < -0.3 is 5.11 Å². The van der Waals surface area contributed by atoms with Crippen LogP contribution in [0.15, 0.2) is 42.7 Å². The molecule has 0 heterocycles. The van der Waals surface area contributed by atoms with Gasteiger partial charge in [0.05, 0.1) is 0 Å². The SMILES string of the molecule is C=C(O)/C=C(/c1ccc(C)cc1)C(C)(C)C. The Bertz CT molecular complexity index is 402. The van der Waals surface area contributed by atoms with Crippen molar-refractivity contribution in [1.29, 1.82) is 0 Å². The molecule has 16 heavy (non-hydrogen) atoms. The molecule has 0 aromatic heterocycles. The van der Waals surface area contributed by atoms with Gasteiger partial charge in [-0.05, 0) is 29.6 Å². The van der Waals surface area contributed by atoms with E-state index >= 15 is 0 Å². The van der Waals surface area contributed by atoms with Gasteiger partial charge in [0.2, 0.25) is 0 Å². The fourth-order valence-electron chi connectivity index (χ4n) is 1.63. The Morgan fingerprint density at radius 1 is 1.19 bits per heavy atom. The van der Waals surface area contributed by atoms with E-state index in [0.29, 0.717) is 0 Å². The number of aliphatic hydroxyl groups is 1. The molecule has 0 aliphatic rings. The highest BCUT2D eigenvalue weighted by Crippen LogP contribution is 2.34. The van der Waals surface area contributed by atoms with Crippen LogP contribution in [0.2, 0.25) is 0 Å². The molecule has 0 bridgehead atoms. The van der Waals surface area contributed by atoms with E-state index in [0.717, 1.165) is 11.1 Å². The maximum absolute atomic E-state index is 9.33. The van der Waals surface area contributed by atoms with Crippen molar-refractivity contribution in [2.24, 2.45) is 5.41 Å². The predicted molar refractivity (Wildman–Crippen MR) is 70.4 cm³/mol. The molecule has 0 fully saturated rings.